The number of nitrogens with one attached hydrogen (secondary N) is 1. The topological polar surface area (TPSA) is 35.6 Å². The Morgan fingerprint density at radius 2 is 1.95 bits per heavy atom. The van der Waals surface area contributed by atoms with Crippen molar-refractivity contribution >= 4 is 5.91 Å². The summed E-state index contributed by atoms with van der Waals surface area (Å²) in [4.78, 5) is 16.8. The molecule has 110 valence electrons. The summed E-state index contributed by atoms with van der Waals surface area (Å²) in [6, 6.07) is 0.564. The maximum absolute atomic E-state index is 12.5. The molecule has 1 heterocycles. The Kier molecular flexibility index (Phi) is 4.51. The molecule has 1 saturated heterocycles. The molecule has 0 spiro atoms. The Morgan fingerprint density at radius 3 is 2.37 bits per heavy atom. The van der Waals surface area contributed by atoms with E-state index >= 15 is 0 Å². The van der Waals surface area contributed by atoms with Gasteiger partial charge in [0.05, 0.1) is 5.92 Å². The Balaban J connectivity index is 1.88. The Bertz CT molecular complexity index is 317. The lowest BCUT2D eigenvalue weighted by molar-refractivity contribution is -0.137. The summed E-state index contributed by atoms with van der Waals surface area (Å²) in [6.07, 6.45) is 5.88. The van der Waals surface area contributed by atoms with E-state index in [0.717, 1.165) is 25.9 Å². The van der Waals surface area contributed by atoms with Gasteiger partial charge in [-0.3, -0.25) is 4.79 Å². The molecule has 2 fully saturated rings. The van der Waals surface area contributed by atoms with Crippen LogP contribution >= 0.6 is 0 Å². The highest BCUT2D eigenvalue weighted by Crippen LogP contribution is 2.36. The van der Waals surface area contributed by atoms with Crippen LogP contribution in [0.1, 0.15) is 39.0 Å². The molecule has 0 radical (unpaired) electrons. The van der Waals surface area contributed by atoms with E-state index in [1.165, 1.54) is 19.3 Å². The maximum Gasteiger partial charge on any atom is 0.226 e. The Morgan fingerprint density at radius 1 is 1.26 bits per heavy atom. The van der Waals surface area contributed by atoms with Gasteiger partial charge in [-0.25, -0.2) is 0 Å². The highest BCUT2D eigenvalue weighted by molar-refractivity contribution is 5.79. The number of rotatable bonds is 4. The van der Waals surface area contributed by atoms with Crippen LogP contribution in [-0.2, 0) is 4.79 Å². The van der Waals surface area contributed by atoms with Crippen molar-refractivity contribution in [3.05, 3.63) is 0 Å². The van der Waals surface area contributed by atoms with Crippen molar-refractivity contribution in [1.82, 2.24) is 15.1 Å². The van der Waals surface area contributed by atoms with E-state index in [1.807, 2.05) is 11.9 Å². The van der Waals surface area contributed by atoms with Crippen molar-refractivity contribution < 1.29 is 4.79 Å². The maximum atomic E-state index is 12.5. The molecule has 1 amide bonds. The van der Waals surface area contributed by atoms with E-state index in [4.69, 9.17) is 0 Å². The van der Waals surface area contributed by atoms with Crippen molar-refractivity contribution in [3.63, 3.8) is 0 Å². The second-order valence-corrected chi connectivity index (χ2v) is 6.75. The van der Waals surface area contributed by atoms with Crippen LogP contribution in [0.25, 0.3) is 0 Å². The predicted molar refractivity (Wildman–Crippen MR) is 78.1 cm³/mol. The zero-order valence-corrected chi connectivity index (χ0v) is 12.9. The van der Waals surface area contributed by atoms with Gasteiger partial charge < -0.3 is 15.1 Å². The van der Waals surface area contributed by atoms with Crippen molar-refractivity contribution in [3.8, 4) is 0 Å². The molecule has 0 aromatic rings. The van der Waals surface area contributed by atoms with Gasteiger partial charge in [-0.05, 0) is 53.1 Å². The first-order valence-corrected chi connectivity index (χ1v) is 7.60. The highest BCUT2D eigenvalue weighted by atomic mass is 16.2. The van der Waals surface area contributed by atoms with E-state index in [2.05, 4.69) is 31.2 Å². The van der Waals surface area contributed by atoms with Gasteiger partial charge in [0, 0.05) is 31.7 Å². The standard InChI is InChI=1S/C15H29N3O/c1-12-6-7-13(10-16-12)14(19)18(4)11-15(17(2)3)8-5-9-15/h12-13,16H,5-11H2,1-4H3. The molecular weight excluding hydrogens is 238 g/mol. The SMILES string of the molecule is CC1CCC(C(=O)N(C)CC2(N(C)C)CCC2)CN1. The fourth-order valence-corrected chi connectivity index (χ4v) is 3.37. The van der Waals surface area contributed by atoms with Crippen LogP contribution in [0.15, 0.2) is 0 Å². The summed E-state index contributed by atoms with van der Waals surface area (Å²) >= 11 is 0. The van der Waals surface area contributed by atoms with Gasteiger partial charge in [-0.15, -0.1) is 0 Å². The molecule has 19 heavy (non-hydrogen) atoms. The lowest BCUT2D eigenvalue weighted by Gasteiger charge is -2.49. The number of nitrogens with zero attached hydrogens (tertiary/aromatic N) is 2. The van der Waals surface area contributed by atoms with Crippen LogP contribution in [-0.4, -0.2) is 61.5 Å². The number of piperidine rings is 1. The fraction of sp³-hybridized carbons (Fsp3) is 0.933. The minimum Gasteiger partial charge on any atom is -0.344 e. The van der Waals surface area contributed by atoms with Crippen molar-refractivity contribution in [2.24, 2.45) is 5.92 Å². The Hall–Kier alpha value is -0.610. The smallest absolute Gasteiger partial charge is 0.226 e. The normalized spacial score (nSPS) is 29.9. The first-order chi connectivity index (χ1) is 8.94. The third-order valence-corrected chi connectivity index (χ3v) is 5.15. The van der Waals surface area contributed by atoms with E-state index in [9.17, 15) is 4.79 Å². The third kappa shape index (κ3) is 3.11. The fourth-order valence-electron chi connectivity index (χ4n) is 3.37. The first-order valence-electron chi connectivity index (χ1n) is 7.60. The summed E-state index contributed by atoms with van der Waals surface area (Å²) < 4.78 is 0. The van der Waals surface area contributed by atoms with Crippen LogP contribution in [0.5, 0.6) is 0 Å². The largest absolute Gasteiger partial charge is 0.344 e. The van der Waals surface area contributed by atoms with Gasteiger partial charge in [0.25, 0.3) is 0 Å². The highest BCUT2D eigenvalue weighted by Gasteiger charge is 2.41. The number of amides is 1. The van der Waals surface area contributed by atoms with E-state index in [1.54, 1.807) is 0 Å². The van der Waals surface area contributed by atoms with E-state index in [0.29, 0.717) is 11.9 Å². The van der Waals surface area contributed by atoms with E-state index < -0.39 is 0 Å². The van der Waals surface area contributed by atoms with Gasteiger partial charge in [-0.1, -0.05) is 0 Å². The summed E-state index contributed by atoms with van der Waals surface area (Å²) in [6.45, 7) is 3.92. The van der Waals surface area contributed by atoms with Gasteiger partial charge >= 0.3 is 0 Å². The second-order valence-electron chi connectivity index (χ2n) is 6.75. The van der Waals surface area contributed by atoms with Crippen LogP contribution in [0.2, 0.25) is 0 Å². The monoisotopic (exact) mass is 267 g/mol. The molecule has 0 bridgehead atoms. The van der Waals surface area contributed by atoms with Gasteiger partial charge in [0.15, 0.2) is 0 Å². The Labute approximate surface area is 117 Å². The number of hydrogen-bond donors (Lipinski definition) is 1. The molecule has 2 rings (SSSR count). The molecule has 1 aliphatic heterocycles. The number of likely N-dealkylation sites (N-methyl/N-ethyl adjacent to an activating group) is 2. The molecule has 0 aromatic heterocycles. The molecule has 2 aliphatic rings. The molecule has 1 aliphatic carbocycles. The molecule has 2 unspecified atom stereocenters. The van der Waals surface area contributed by atoms with Crippen molar-refractivity contribution in [2.75, 3.05) is 34.2 Å². The summed E-state index contributed by atoms with van der Waals surface area (Å²) in [5, 5.41) is 3.42. The molecule has 1 saturated carbocycles. The van der Waals surface area contributed by atoms with Crippen LogP contribution in [0.3, 0.4) is 0 Å². The van der Waals surface area contributed by atoms with Crippen molar-refractivity contribution in [2.45, 2.75) is 50.6 Å². The number of carbonyl (C=O) groups excluding carboxylic acids is 1. The molecule has 4 nitrogen and oxygen atoms in total. The average molecular weight is 267 g/mol. The zero-order chi connectivity index (χ0) is 14.0. The third-order valence-electron chi connectivity index (χ3n) is 5.15. The lowest BCUT2D eigenvalue weighted by Crippen LogP contribution is -2.58. The molecule has 2 atom stereocenters. The average Bonchev–Trinajstić information content (AvgIpc) is 2.33. The minimum absolute atomic E-state index is 0.181. The minimum atomic E-state index is 0.181. The van der Waals surface area contributed by atoms with E-state index in [-0.39, 0.29) is 11.5 Å². The lowest BCUT2D eigenvalue weighted by atomic mass is 9.75. The summed E-state index contributed by atoms with van der Waals surface area (Å²) in [5.41, 5.74) is 0.236. The molecule has 1 N–H and O–H groups in total. The van der Waals surface area contributed by atoms with Crippen LogP contribution < -0.4 is 5.32 Å². The van der Waals surface area contributed by atoms with Crippen LogP contribution in [0, 0.1) is 5.92 Å². The zero-order valence-electron chi connectivity index (χ0n) is 12.9. The second kappa shape index (κ2) is 5.80. The van der Waals surface area contributed by atoms with Gasteiger partial charge in [-0.2, -0.15) is 0 Å². The molecule has 4 heteroatoms. The molecular formula is C15H29N3O. The quantitative estimate of drug-likeness (QED) is 0.834. The van der Waals surface area contributed by atoms with Crippen LogP contribution in [0.4, 0.5) is 0 Å². The predicted octanol–water partition coefficient (Wildman–Crippen LogP) is 1.32. The molecule has 0 aromatic carbocycles. The summed E-state index contributed by atoms with van der Waals surface area (Å²) in [5.74, 6) is 0.507. The number of carbonyl (C=O) groups is 1. The first kappa shape index (κ1) is 14.8. The van der Waals surface area contributed by atoms with Gasteiger partial charge in [0.2, 0.25) is 5.91 Å². The summed E-state index contributed by atoms with van der Waals surface area (Å²) in [7, 11) is 6.26. The number of hydrogen-bond acceptors (Lipinski definition) is 3. The van der Waals surface area contributed by atoms with Gasteiger partial charge in [0.1, 0.15) is 0 Å². The van der Waals surface area contributed by atoms with Crippen molar-refractivity contribution in [1.29, 1.82) is 0 Å².